The monoisotopic (exact) mass is 296 g/mol. The molecule has 0 fully saturated rings. The van der Waals surface area contributed by atoms with Gasteiger partial charge in [0.25, 0.3) is 15.2 Å². The quantitative estimate of drug-likeness (QED) is 0.869. The van der Waals surface area contributed by atoms with Gasteiger partial charge in [-0.1, -0.05) is 13.8 Å². The van der Waals surface area contributed by atoms with Crippen molar-refractivity contribution in [2.45, 2.75) is 32.5 Å². The van der Waals surface area contributed by atoms with Crippen molar-refractivity contribution in [2.24, 2.45) is 11.1 Å². The van der Waals surface area contributed by atoms with Gasteiger partial charge in [0.15, 0.2) is 5.82 Å². The Labute approximate surface area is 117 Å². The highest BCUT2D eigenvalue weighted by molar-refractivity contribution is 7.89. The van der Waals surface area contributed by atoms with Crippen LogP contribution in [0.5, 0.6) is 0 Å². The number of nitrogens with zero attached hydrogens (tertiary/aromatic N) is 5. The lowest BCUT2D eigenvalue weighted by atomic mass is 10.2. The molecule has 9 heteroatoms. The largest absolute Gasteiger partial charge is 0.295 e. The van der Waals surface area contributed by atoms with E-state index in [1.807, 2.05) is 20.8 Å². The summed E-state index contributed by atoms with van der Waals surface area (Å²) < 4.78 is 24.6. The molecule has 0 aliphatic heterocycles. The highest BCUT2D eigenvalue weighted by Gasteiger charge is 2.23. The van der Waals surface area contributed by atoms with E-state index in [4.69, 9.17) is 5.14 Å². The molecule has 108 valence electrons. The highest BCUT2D eigenvalue weighted by Crippen LogP contribution is 2.19. The van der Waals surface area contributed by atoms with Crippen molar-refractivity contribution in [1.29, 1.82) is 0 Å². The molecule has 0 saturated carbocycles. The van der Waals surface area contributed by atoms with Crippen LogP contribution in [0.1, 0.15) is 19.5 Å². The Hall–Kier alpha value is -1.87. The molecule has 0 bridgehead atoms. The number of primary sulfonamides is 1. The van der Waals surface area contributed by atoms with Gasteiger partial charge in [-0.15, -0.1) is 10.2 Å². The van der Waals surface area contributed by atoms with Crippen molar-refractivity contribution in [1.82, 2.24) is 24.7 Å². The highest BCUT2D eigenvalue weighted by atomic mass is 32.2. The lowest BCUT2D eigenvalue weighted by Gasteiger charge is -2.11. The lowest BCUT2D eigenvalue weighted by molar-refractivity contribution is 0.485. The third-order valence-corrected chi connectivity index (χ3v) is 3.34. The summed E-state index contributed by atoms with van der Waals surface area (Å²) in [6, 6.07) is 0. The number of aromatic nitrogens is 5. The summed E-state index contributed by atoms with van der Waals surface area (Å²) in [7, 11) is -3.93. The number of nitrogens with two attached hydrogens (primary N) is 1. The van der Waals surface area contributed by atoms with Gasteiger partial charge in [-0.05, 0) is 12.8 Å². The normalized spacial score (nSPS) is 12.1. The molecule has 2 aromatic heterocycles. The number of sulfonamides is 1. The third-order valence-electron chi connectivity index (χ3n) is 2.53. The van der Waals surface area contributed by atoms with Crippen molar-refractivity contribution in [3.05, 3.63) is 18.1 Å². The Kier molecular flexibility index (Phi) is 3.82. The topological polar surface area (TPSA) is 117 Å². The van der Waals surface area contributed by atoms with Gasteiger partial charge in [-0.3, -0.25) is 9.55 Å². The summed E-state index contributed by atoms with van der Waals surface area (Å²) in [5.41, 5.74) is 1.22. The summed E-state index contributed by atoms with van der Waals surface area (Å²) in [4.78, 5) is 8.31. The van der Waals surface area contributed by atoms with Gasteiger partial charge in [-0.25, -0.2) is 18.5 Å². The van der Waals surface area contributed by atoms with E-state index in [0.717, 1.165) is 5.69 Å². The van der Waals surface area contributed by atoms with E-state index in [1.165, 1.54) is 10.8 Å². The van der Waals surface area contributed by atoms with Crippen LogP contribution in [0.4, 0.5) is 0 Å². The fraction of sp³-hybridized carbons (Fsp3) is 0.455. The molecule has 0 unspecified atom stereocenters. The van der Waals surface area contributed by atoms with Crippen LogP contribution in [-0.2, 0) is 16.6 Å². The molecule has 0 radical (unpaired) electrons. The second-order valence-electron chi connectivity index (χ2n) is 4.90. The zero-order chi connectivity index (χ0) is 14.9. The Morgan fingerprint density at radius 2 is 1.95 bits per heavy atom. The average molecular weight is 296 g/mol. The maximum atomic E-state index is 11.6. The van der Waals surface area contributed by atoms with Crippen LogP contribution in [0.15, 0.2) is 17.6 Å². The predicted octanol–water partition coefficient (Wildman–Crippen LogP) is 0.347. The molecule has 20 heavy (non-hydrogen) atoms. The maximum Gasteiger partial charge on any atom is 0.273 e. The molecule has 0 aromatic carbocycles. The Morgan fingerprint density at radius 3 is 2.45 bits per heavy atom. The van der Waals surface area contributed by atoms with Crippen LogP contribution in [-0.4, -0.2) is 33.2 Å². The summed E-state index contributed by atoms with van der Waals surface area (Å²) in [6.45, 7) is 6.14. The lowest BCUT2D eigenvalue weighted by Crippen LogP contribution is -2.20. The molecule has 8 nitrogen and oxygen atoms in total. The molecule has 2 rings (SSSR count). The van der Waals surface area contributed by atoms with Gasteiger partial charge in [0.05, 0.1) is 11.9 Å². The third kappa shape index (κ3) is 2.99. The molecule has 0 aliphatic carbocycles. The van der Waals surface area contributed by atoms with E-state index in [-0.39, 0.29) is 11.1 Å². The first kappa shape index (κ1) is 14.5. The Bertz CT molecular complexity index is 705. The zero-order valence-electron chi connectivity index (χ0n) is 11.5. The van der Waals surface area contributed by atoms with Crippen LogP contribution in [0, 0.1) is 12.8 Å². The van der Waals surface area contributed by atoms with Gasteiger partial charge < -0.3 is 0 Å². The molecule has 2 N–H and O–H groups in total. The number of hydrogen-bond donors (Lipinski definition) is 1. The molecule has 2 heterocycles. The molecule has 2 aromatic rings. The second-order valence-corrected chi connectivity index (χ2v) is 6.35. The Balaban J connectivity index is 2.59. The van der Waals surface area contributed by atoms with Gasteiger partial charge in [0.1, 0.15) is 5.69 Å². The standard InChI is InChI=1S/C11H16N6O2S/c1-7(2)6-17-10(9-5-13-8(3)4-14-9)15-16-11(17)20(12,18)19/h4-5,7H,6H2,1-3H3,(H2,12,18,19). The van der Waals surface area contributed by atoms with E-state index in [1.54, 1.807) is 6.20 Å². The van der Waals surface area contributed by atoms with E-state index >= 15 is 0 Å². The molecule has 0 spiro atoms. The fourth-order valence-electron chi connectivity index (χ4n) is 1.73. The van der Waals surface area contributed by atoms with Crippen LogP contribution >= 0.6 is 0 Å². The van der Waals surface area contributed by atoms with Crippen molar-refractivity contribution < 1.29 is 8.42 Å². The summed E-state index contributed by atoms with van der Waals surface area (Å²) >= 11 is 0. The minimum absolute atomic E-state index is 0.198. The molecule has 0 aliphatic rings. The van der Waals surface area contributed by atoms with Gasteiger partial charge in [0.2, 0.25) is 0 Å². The van der Waals surface area contributed by atoms with Gasteiger partial charge in [0, 0.05) is 12.7 Å². The molecular weight excluding hydrogens is 280 g/mol. The first-order valence-electron chi connectivity index (χ1n) is 6.04. The molecule has 0 atom stereocenters. The average Bonchev–Trinajstić information content (AvgIpc) is 2.72. The maximum absolute atomic E-state index is 11.6. The minimum Gasteiger partial charge on any atom is -0.295 e. The van der Waals surface area contributed by atoms with Crippen molar-refractivity contribution >= 4 is 10.0 Å². The first-order chi connectivity index (χ1) is 9.29. The van der Waals surface area contributed by atoms with Crippen LogP contribution in [0.2, 0.25) is 0 Å². The molecule has 0 amide bonds. The molecule has 0 saturated heterocycles. The van der Waals surface area contributed by atoms with Crippen LogP contribution in [0.25, 0.3) is 11.5 Å². The SMILES string of the molecule is Cc1cnc(-c2nnc(S(N)(=O)=O)n2CC(C)C)cn1. The number of aryl methyl sites for hydroxylation is 1. The van der Waals surface area contributed by atoms with Crippen LogP contribution in [0.3, 0.4) is 0 Å². The van der Waals surface area contributed by atoms with Gasteiger partial charge in [-0.2, -0.15) is 0 Å². The number of rotatable bonds is 4. The van der Waals surface area contributed by atoms with Crippen molar-refractivity contribution in [3.8, 4) is 11.5 Å². The van der Waals surface area contributed by atoms with E-state index in [2.05, 4.69) is 20.2 Å². The summed E-state index contributed by atoms with van der Waals surface area (Å²) in [5.74, 6) is 0.541. The zero-order valence-corrected chi connectivity index (χ0v) is 12.3. The fourth-order valence-corrected chi connectivity index (χ4v) is 2.35. The van der Waals surface area contributed by atoms with E-state index in [0.29, 0.717) is 18.1 Å². The van der Waals surface area contributed by atoms with Crippen molar-refractivity contribution in [2.75, 3.05) is 0 Å². The van der Waals surface area contributed by atoms with Gasteiger partial charge >= 0.3 is 0 Å². The van der Waals surface area contributed by atoms with E-state index in [9.17, 15) is 8.42 Å². The molecular formula is C11H16N6O2S. The minimum atomic E-state index is -3.93. The summed E-state index contributed by atoms with van der Waals surface area (Å²) in [6.07, 6.45) is 3.11. The Morgan fingerprint density at radius 1 is 1.25 bits per heavy atom. The first-order valence-corrected chi connectivity index (χ1v) is 7.58. The van der Waals surface area contributed by atoms with E-state index < -0.39 is 10.0 Å². The smallest absolute Gasteiger partial charge is 0.273 e. The summed E-state index contributed by atoms with van der Waals surface area (Å²) in [5, 5.41) is 12.5. The predicted molar refractivity (Wildman–Crippen MR) is 72.0 cm³/mol. The van der Waals surface area contributed by atoms with Crippen LogP contribution < -0.4 is 5.14 Å². The second kappa shape index (κ2) is 5.25. The van der Waals surface area contributed by atoms with Crippen molar-refractivity contribution in [3.63, 3.8) is 0 Å². The number of hydrogen-bond acceptors (Lipinski definition) is 6.